The van der Waals surface area contributed by atoms with E-state index in [1.165, 1.54) is 36.7 Å². The van der Waals surface area contributed by atoms with Gasteiger partial charge in [-0.3, -0.25) is 15.1 Å². The molecule has 0 aliphatic heterocycles. The lowest BCUT2D eigenvalue weighted by Crippen LogP contribution is -1.94. The number of pyridine rings is 1. The molecule has 1 heterocycles. The summed E-state index contributed by atoms with van der Waals surface area (Å²) in [7, 11) is 0. The molecule has 3 rings (SSSR count). The number of hydrogen-bond acceptors (Lipinski definition) is 5. The number of nitro benzene ring substituents is 1. The van der Waals surface area contributed by atoms with Crippen molar-refractivity contribution in [3.05, 3.63) is 82.2 Å². The standard InChI is InChI=1S/C18H9F2N3O3/c19-16-3-1-11(7-17(16)20)13-6-15(10-22-9-13)26-14-2-4-18(23(24)25)12(5-14)8-21/h1-7,9-10H. The molecule has 0 bridgehead atoms. The minimum atomic E-state index is -0.983. The summed E-state index contributed by atoms with van der Waals surface area (Å²) < 4.78 is 32.0. The molecular weight excluding hydrogens is 344 g/mol. The van der Waals surface area contributed by atoms with Gasteiger partial charge in [0.15, 0.2) is 11.6 Å². The van der Waals surface area contributed by atoms with Gasteiger partial charge in [0.25, 0.3) is 5.69 Å². The fourth-order valence-corrected chi connectivity index (χ4v) is 2.27. The first-order valence-corrected chi connectivity index (χ1v) is 7.25. The van der Waals surface area contributed by atoms with Gasteiger partial charge in [-0.1, -0.05) is 6.07 Å². The van der Waals surface area contributed by atoms with Crippen LogP contribution < -0.4 is 4.74 Å². The van der Waals surface area contributed by atoms with Crippen LogP contribution in [0.3, 0.4) is 0 Å². The topological polar surface area (TPSA) is 89.0 Å². The Morgan fingerprint density at radius 1 is 1.00 bits per heavy atom. The zero-order valence-corrected chi connectivity index (χ0v) is 13.0. The monoisotopic (exact) mass is 353 g/mol. The Bertz CT molecular complexity index is 1050. The number of rotatable bonds is 4. The fourth-order valence-electron chi connectivity index (χ4n) is 2.27. The highest BCUT2D eigenvalue weighted by Gasteiger charge is 2.15. The van der Waals surface area contributed by atoms with Crippen LogP contribution in [-0.2, 0) is 0 Å². The summed E-state index contributed by atoms with van der Waals surface area (Å²) in [6.07, 6.45) is 2.84. The average molecular weight is 353 g/mol. The van der Waals surface area contributed by atoms with Crippen molar-refractivity contribution in [2.24, 2.45) is 0 Å². The summed E-state index contributed by atoms with van der Waals surface area (Å²) in [6, 6.07) is 10.5. The summed E-state index contributed by atoms with van der Waals surface area (Å²) >= 11 is 0. The Balaban J connectivity index is 1.91. The number of ether oxygens (including phenoxy) is 1. The lowest BCUT2D eigenvalue weighted by Gasteiger charge is -2.08. The maximum atomic E-state index is 13.4. The Hall–Kier alpha value is -3.86. The van der Waals surface area contributed by atoms with Gasteiger partial charge in [0.1, 0.15) is 23.1 Å². The first kappa shape index (κ1) is 17.0. The molecule has 128 valence electrons. The van der Waals surface area contributed by atoms with Crippen LogP contribution >= 0.6 is 0 Å². The van der Waals surface area contributed by atoms with Crippen LogP contribution in [0.2, 0.25) is 0 Å². The lowest BCUT2D eigenvalue weighted by molar-refractivity contribution is -0.385. The van der Waals surface area contributed by atoms with E-state index in [-0.39, 0.29) is 22.7 Å². The summed E-state index contributed by atoms with van der Waals surface area (Å²) in [5, 5.41) is 19.9. The van der Waals surface area contributed by atoms with E-state index in [4.69, 9.17) is 10.00 Å². The van der Waals surface area contributed by atoms with E-state index in [0.717, 1.165) is 12.1 Å². The summed E-state index contributed by atoms with van der Waals surface area (Å²) in [6.45, 7) is 0. The summed E-state index contributed by atoms with van der Waals surface area (Å²) in [5.41, 5.74) is 0.429. The van der Waals surface area contributed by atoms with Crippen molar-refractivity contribution in [1.82, 2.24) is 4.98 Å². The maximum Gasteiger partial charge on any atom is 0.287 e. The predicted molar refractivity (Wildman–Crippen MR) is 87.5 cm³/mol. The highest BCUT2D eigenvalue weighted by atomic mass is 19.2. The second-order valence-electron chi connectivity index (χ2n) is 5.19. The normalized spacial score (nSPS) is 10.2. The van der Waals surface area contributed by atoms with Crippen LogP contribution in [0.5, 0.6) is 11.5 Å². The van der Waals surface area contributed by atoms with Crippen molar-refractivity contribution in [2.45, 2.75) is 0 Å². The molecule has 8 heteroatoms. The first-order chi connectivity index (χ1) is 12.5. The SMILES string of the molecule is N#Cc1cc(Oc2cncc(-c3ccc(F)c(F)c3)c2)ccc1[N+](=O)[O-]. The van der Waals surface area contributed by atoms with E-state index in [0.29, 0.717) is 11.1 Å². The molecule has 2 aromatic carbocycles. The van der Waals surface area contributed by atoms with Crippen LogP contribution in [-0.4, -0.2) is 9.91 Å². The Kier molecular flexibility index (Phi) is 4.53. The van der Waals surface area contributed by atoms with Gasteiger partial charge in [-0.2, -0.15) is 5.26 Å². The highest BCUT2D eigenvalue weighted by molar-refractivity contribution is 5.64. The Morgan fingerprint density at radius 2 is 1.81 bits per heavy atom. The minimum absolute atomic E-state index is 0.141. The largest absolute Gasteiger partial charge is 0.456 e. The van der Waals surface area contributed by atoms with Crippen molar-refractivity contribution in [1.29, 1.82) is 5.26 Å². The molecule has 0 N–H and O–H groups in total. The number of halogens is 2. The fraction of sp³-hybridized carbons (Fsp3) is 0. The Morgan fingerprint density at radius 3 is 2.50 bits per heavy atom. The molecule has 0 radical (unpaired) electrons. The van der Waals surface area contributed by atoms with Crippen molar-refractivity contribution in [3.63, 3.8) is 0 Å². The quantitative estimate of drug-likeness (QED) is 0.505. The second-order valence-corrected chi connectivity index (χ2v) is 5.19. The van der Waals surface area contributed by atoms with Crippen LogP contribution in [0.1, 0.15) is 5.56 Å². The molecule has 0 spiro atoms. The van der Waals surface area contributed by atoms with Gasteiger partial charge < -0.3 is 4.74 Å². The molecule has 0 unspecified atom stereocenters. The molecule has 0 fully saturated rings. The molecule has 0 saturated heterocycles. The van der Waals surface area contributed by atoms with E-state index in [1.807, 2.05) is 0 Å². The van der Waals surface area contributed by atoms with Gasteiger partial charge in [0.2, 0.25) is 0 Å². The lowest BCUT2D eigenvalue weighted by atomic mass is 10.1. The first-order valence-electron chi connectivity index (χ1n) is 7.25. The molecule has 0 amide bonds. The van der Waals surface area contributed by atoms with E-state index in [1.54, 1.807) is 12.1 Å². The number of nitriles is 1. The average Bonchev–Trinajstić information content (AvgIpc) is 2.64. The summed E-state index contributed by atoms with van der Waals surface area (Å²) in [5.74, 6) is -1.46. The molecule has 0 aliphatic carbocycles. The number of hydrogen-bond donors (Lipinski definition) is 0. The zero-order chi connectivity index (χ0) is 18.7. The number of nitrogens with zero attached hydrogens (tertiary/aromatic N) is 3. The molecule has 0 atom stereocenters. The van der Waals surface area contributed by atoms with Gasteiger partial charge in [-0.15, -0.1) is 0 Å². The van der Waals surface area contributed by atoms with E-state index in [2.05, 4.69) is 4.98 Å². The zero-order valence-electron chi connectivity index (χ0n) is 13.0. The van der Waals surface area contributed by atoms with E-state index in [9.17, 15) is 18.9 Å². The van der Waals surface area contributed by atoms with Gasteiger partial charge in [0, 0.05) is 23.9 Å². The van der Waals surface area contributed by atoms with E-state index >= 15 is 0 Å². The number of aromatic nitrogens is 1. The smallest absolute Gasteiger partial charge is 0.287 e. The number of benzene rings is 2. The Labute approximate surface area is 146 Å². The minimum Gasteiger partial charge on any atom is -0.456 e. The second kappa shape index (κ2) is 6.94. The third-order valence-corrected chi connectivity index (χ3v) is 3.49. The molecule has 3 aromatic rings. The molecular formula is C18H9F2N3O3. The molecule has 0 aliphatic rings. The molecule has 1 aromatic heterocycles. The third-order valence-electron chi connectivity index (χ3n) is 3.49. The van der Waals surface area contributed by atoms with Crippen LogP contribution in [0.4, 0.5) is 14.5 Å². The number of nitro groups is 1. The van der Waals surface area contributed by atoms with Crippen LogP contribution in [0.15, 0.2) is 54.9 Å². The summed E-state index contributed by atoms with van der Waals surface area (Å²) in [4.78, 5) is 14.2. The van der Waals surface area contributed by atoms with Gasteiger partial charge in [0.05, 0.1) is 11.1 Å². The van der Waals surface area contributed by atoms with Crippen molar-refractivity contribution in [2.75, 3.05) is 0 Å². The molecule has 26 heavy (non-hydrogen) atoms. The van der Waals surface area contributed by atoms with Gasteiger partial charge in [-0.25, -0.2) is 8.78 Å². The van der Waals surface area contributed by atoms with Gasteiger partial charge in [-0.05, 0) is 29.8 Å². The van der Waals surface area contributed by atoms with Gasteiger partial charge >= 0.3 is 0 Å². The third kappa shape index (κ3) is 3.47. The van der Waals surface area contributed by atoms with Crippen molar-refractivity contribution in [3.8, 4) is 28.7 Å². The maximum absolute atomic E-state index is 13.4. The molecule has 6 nitrogen and oxygen atoms in total. The van der Waals surface area contributed by atoms with E-state index < -0.39 is 16.6 Å². The van der Waals surface area contributed by atoms with Crippen LogP contribution in [0.25, 0.3) is 11.1 Å². The predicted octanol–water partition coefficient (Wildman–Crippen LogP) is 4.60. The van der Waals surface area contributed by atoms with Crippen LogP contribution in [0, 0.1) is 33.1 Å². The highest BCUT2D eigenvalue weighted by Crippen LogP contribution is 2.29. The van der Waals surface area contributed by atoms with Crippen molar-refractivity contribution < 1.29 is 18.4 Å². The molecule has 0 saturated carbocycles. The van der Waals surface area contributed by atoms with Crippen molar-refractivity contribution >= 4 is 5.69 Å².